The van der Waals surface area contributed by atoms with Crippen LogP contribution >= 0.6 is 0 Å². The zero-order valence-corrected chi connectivity index (χ0v) is 37.0. The summed E-state index contributed by atoms with van der Waals surface area (Å²) in [7, 11) is 0. The van der Waals surface area contributed by atoms with Crippen LogP contribution in [0, 0.1) is 0 Å². The van der Waals surface area contributed by atoms with Gasteiger partial charge < -0.3 is 40.3 Å². The van der Waals surface area contributed by atoms with Gasteiger partial charge in [0.1, 0.15) is 24.4 Å². The lowest BCUT2D eigenvalue weighted by atomic mass is 9.99. The summed E-state index contributed by atoms with van der Waals surface area (Å²) in [5, 5.41) is 54.2. The second kappa shape index (κ2) is 39.3. The van der Waals surface area contributed by atoms with Crippen LogP contribution in [0.25, 0.3) is 0 Å². The zero-order chi connectivity index (χ0) is 42.3. The van der Waals surface area contributed by atoms with Gasteiger partial charge in [-0.3, -0.25) is 4.79 Å². The van der Waals surface area contributed by atoms with Crippen molar-refractivity contribution in [2.75, 3.05) is 13.2 Å². The molecule has 58 heavy (non-hydrogen) atoms. The van der Waals surface area contributed by atoms with Crippen molar-refractivity contribution in [2.45, 2.75) is 243 Å². The highest BCUT2D eigenvalue weighted by Gasteiger charge is 2.44. The summed E-state index contributed by atoms with van der Waals surface area (Å²) >= 11 is 0. The van der Waals surface area contributed by atoms with E-state index in [1.165, 1.54) is 122 Å². The van der Waals surface area contributed by atoms with E-state index < -0.39 is 49.5 Å². The number of ether oxygens (including phenoxy) is 2. The number of rotatable bonds is 39. The van der Waals surface area contributed by atoms with Crippen LogP contribution in [0.15, 0.2) is 48.6 Å². The highest BCUT2D eigenvalue weighted by Crippen LogP contribution is 2.22. The minimum absolute atomic E-state index is 0.196. The summed E-state index contributed by atoms with van der Waals surface area (Å²) in [6, 6.07) is -0.826. The minimum atomic E-state index is -1.57. The third-order valence-corrected chi connectivity index (χ3v) is 11.1. The summed E-state index contributed by atoms with van der Waals surface area (Å²) in [6.07, 6.45) is 42.9. The van der Waals surface area contributed by atoms with Crippen LogP contribution in [0.2, 0.25) is 0 Å². The van der Waals surface area contributed by atoms with E-state index in [0.29, 0.717) is 6.42 Å². The SMILES string of the molecule is CCCCC/C=C\C/C=C\CCCCCCCCCC(=O)NC(COC1OC(CO)C(O)C(O)C1O)C(O)/C=C/CC/C=C/CCCCCCCCCCCCCC. The predicted octanol–water partition coefficient (Wildman–Crippen LogP) is 10.2. The molecule has 0 aromatic heterocycles. The molecule has 9 heteroatoms. The number of aliphatic hydroxyl groups excluding tert-OH is 5. The minimum Gasteiger partial charge on any atom is -0.394 e. The van der Waals surface area contributed by atoms with Crippen LogP contribution in [0.5, 0.6) is 0 Å². The van der Waals surface area contributed by atoms with Crippen molar-refractivity contribution in [1.82, 2.24) is 5.32 Å². The third-order valence-electron chi connectivity index (χ3n) is 11.1. The normalized spacial score (nSPS) is 21.3. The van der Waals surface area contributed by atoms with Crippen molar-refractivity contribution in [1.29, 1.82) is 0 Å². The molecule has 1 aliphatic rings. The van der Waals surface area contributed by atoms with Gasteiger partial charge in [0.2, 0.25) is 5.91 Å². The lowest BCUT2D eigenvalue weighted by Crippen LogP contribution is -2.60. The number of aliphatic hydroxyl groups is 5. The van der Waals surface area contributed by atoms with Gasteiger partial charge in [-0.2, -0.15) is 0 Å². The van der Waals surface area contributed by atoms with Crippen molar-refractivity contribution in [3.63, 3.8) is 0 Å². The molecule has 0 aromatic rings. The molecule has 0 bridgehead atoms. The Balaban J connectivity index is 2.38. The van der Waals surface area contributed by atoms with E-state index in [0.717, 1.165) is 57.8 Å². The molecule has 0 aromatic carbocycles. The van der Waals surface area contributed by atoms with Gasteiger partial charge in [-0.1, -0.05) is 178 Å². The number of hydrogen-bond acceptors (Lipinski definition) is 8. The highest BCUT2D eigenvalue weighted by atomic mass is 16.7. The van der Waals surface area contributed by atoms with Crippen molar-refractivity contribution in [2.24, 2.45) is 0 Å². The smallest absolute Gasteiger partial charge is 0.220 e. The maximum atomic E-state index is 13.0. The molecule has 0 saturated carbocycles. The standard InChI is InChI=1S/C49H89NO8/c1-3-5-7-9-11-13-15-17-19-21-23-24-26-28-30-32-34-36-38-43(52)42(41-57-49-48(56)47(55)46(54)44(40-51)58-49)50-45(53)39-37-35-33-31-29-27-25-22-20-18-16-14-12-10-8-6-4-2/h12,14,18,20,28,30,36,38,42-44,46-49,51-52,54-56H,3-11,13,15-17,19,21-27,29,31-35,37,39-41H2,1-2H3,(H,50,53)/b14-12-,20-18-,30-28+,38-36+. The maximum absolute atomic E-state index is 13.0. The summed E-state index contributed by atoms with van der Waals surface area (Å²) in [4.78, 5) is 13.0. The molecule has 0 radical (unpaired) electrons. The van der Waals surface area contributed by atoms with Gasteiger partial charge in [0.25, 0.3) is 0 Å². The van der Waals surface area contributed by atoms with Crippen LogP contribution in [0.4, 0.5) is 0 Å². The molecule has 1 heterocycles. The molecule has 338 valence electrons. The Morgan fingerprint density at radius 2 is 1.03 bits per heavy atom. The summed E-state index contributed by atoms with van der Waals surface area (Å²) < 4.78 is 11.2. The molecule has 1 aliphatic heterocycles. The zero-order valence-electron chi connectivity index (χ0n) is 37.0. The number of nitrogens with one attached hydrogen (secondary N) is 1. The fourth-order valence-corrected chi connectivity index (χ4v) is 7.26. The molecular formula is C49H89NO8. The van der Waals surface area contributed by atoms with E-state index in [2.05, 4.69) is 55.6 Å². The molecule has 1 fully saturated rings. The molecule has 1 saturated heterocycles. The Morgan fingerprint density at radius 1 is 0.586 bits per heavy atom. The highest BCUT2D eigenvalue weighted by molar-refractivity contribution is 5.76. The lowest BCUT2D eigenvalue weighted by molar-refractivity contribution is -0.302. The molecule has 6 N–H and O–H groups in total. The monoisotopic (exact) mass is 820 g/mol. The van der Waals surface area contributed by atoms with E-state index in [1.807, 2.05) is 6.08 Å². The second-order valence-electron chi connectivity index (χ2n) is 16.5. The van der Waals surface area contributed by atoms with Gasteiger partial charge in [0.05, 0.1) is 25.4 Å². The Labute approximate surface area is 354 Å². The first-order valence-electron chi connectivity index (χ1n) is 23.9. The van der Waals surface area contributed by atoms with Gasteiger partial charge in [-0.25, -0.2) is 0 Å². The van der Waals surface area contributed by atoms with Gasteiger partial charge in [0, 0.05) is 6.42 Å². The van der Waals surface area contributed by atoms with E-state index >= 15 is 0 Å². The lowest BCUT2D eigenvalue weighted by Gasteiger charge is -2.40. The summed E-state index contributed by atoms with van der Waals surface area (Å²) in [5.74, 6) is -0.196. The molecule has 7 atom stereocenters. The van der Waals surface area contributed by atoms with Gasteiger partial charge >= 0.3 is 0 Å². The van der Waals surface area contributed by atoms with Crippen LogP contribution in [0.1, 0.15) is 200 Å². The fraction of sp³-hybridized carbons (Fsp3) is 0.816. The number of carbonyl (C=O) groups is 1. The van der Waals surface area contributed by atoms with Crippen molar-refractivity contribution < 1.29 is 39.8 Å². The van der Waals surface area contributed by atoms with Gasteiger partial charge in [-0.05, 0) is 64.2 Å². The number of unbranched alkanes of at least 4 members (excludes halogenated alkanes) is 23. The first-order valence-corrected chi connectivity index (χ1v) is 23.9. The Morgan fingerprint density at radius 3 is 1.59 bits per heavy atom. The maximum Gasteiger partial charge on any atom is 0.220 e. The van der Waals surface area contributed by atoms with Crippen molar-refractivity contribution >= 4 is 5.91 Å². The Hall–Kier alpha value is -1.85. The molecule has 0 aliphatic carbocycles. The number of allylic oxidation sites excluding steroid dienone is 7. The fourth-order valence-electron chi connectivity index (χ4n) is 7.26. The van der Waals surface area contributed by atoms with Gasteiger partial charge in [0.15, 0.2) is 6.29 Å². The first kappa shape index (κ1) is 54.2. The average molecular weight is 820 g/mol. The Kier molecular flexibility index (Phi) is 36.7. The summed E-state index contributed by atoms with van der Waals surface area (Å²) in [6.45, 7) is 3.72. The van der Waals surface area contributed by atoms with E-state index in [-0.39, 0.29) is 12.5 Å². The second-order valence-corrected chi connectivity index (χ2v) is 16.5. The first-order chi connectivity index (χ1) is 28.3. The Bertz CT molecular complexity index is 1050. The quantitative estimate of drug-likeness (QED) is 0.0265. The van der Waals surface area contributed by atoms with Crippen molar-refractivity contribution in [3.05, 3.63) is 48.6 Å². The molecule has 9 nitrogen and oxygen atoms in total. The molecule has 1 rings (SSSR count). The van der Waals surface area contributed by atoms with Crippen LogP contribution in [0.3, 0.4) is 0 Å². The van der Waals surface area contributed by atoms with Crippen LogP contribution in [-0.2, 0) is 14.3 Å². The largest absolute Gasteiger partial charge is 0.394 e. The predicted molar refractivity (Wildman–Crippen MR) is 239 cm³/mol. The molecule has 7 unspecified atom stereocenters. The van der Waals surface area contributed by atoms with E-state index in [1.54, 1.807) is 6.08 Å². The topological polar surface area (TPSA) is 149 Å². The third kappa shape index (κ3) is 29.4. The summed E-state index contributed by atoms with van der Waals surface area (Å²) in [5.41, 5.74) is 0. The number of carbonyl (C=O) groups excluding carboxylic acids is 1. The number of hydrogen-bond donors (Lipinski definition) is 6. The van der Waals surface area contributed by atoms with Crippen LogP contribution in [-0.4, -0.2) is 87.5 Å². The molecule has 0 spiro atoms. The molecular weight excluding hydrogens is 731 g/mol. The van der Waals surface area contributed by atoms with Gasteiger partial charge in [-0.15, -0.1) is 0 Å². The average Bonchev–Trinajstić information content (AvgIpc) is 3.22. The molecule has 1 amide bonds. The van der Waals surface area contributed by atoms with Crippen LogP contribution < -0.4 is 5.32 Å². The van der Waals surface area contributed by atoms with E-state index in [9.17, 15) is 30.3 Å². The van der Waals surface area contributed by atoms with E-state index in [4.69, 9.17) is 9.47 Å². The number of amides is 1. The van der Waals surface area contributed by atoms with Crippen molar-refractivity contribution in [3.8, 4) is 0 Å².